The van der Waals surface area contributed by atoms with Crippen LogP contribution >= 0.6 is 0 Å². The Morgan fingerprint density at radius 1 is 1.05 bits per heavy atom. The fourth-order valence-electron chi connectivity index (χ4n) is 2.27. The van der Waals surface area contributed by atoms with Crippen molar-refractivity contribution < 1.29 is 4.79 Å². The second-order valence-electron chi connectivity index (χ2n) is 5.05. The van der Waals surface area contributed by atoms with Gasteiger partial charge in [-0.1, -0.05) is 42.0 Å². The molecule has 0 saturated carbocycles. The highest BCUT2D eigenvalue weighted by molar-refractivity contribution is 5.89. The SMILES string of the molecule is Cc1ccc([C@@H](C)NC(=O)Nc2ccccc2)c(C)c1. The summed E-state index contributed by atoms with van der Waals surface area (Å²) in [6.45, 7) is 6.12. The standard InChI is InChI=1S/C17H20N2O/c1-12-9-10-16(13(2)11-12)14(3)18-17(20)19-15-7-5-4-6-8-15/h4-11,14H,1-3H3,(H2,18,19,20)/t14-/m1/s1. The molecule has 2 aromatic rings. The van der Waals surface area contributed by atoms with Gasteiger partial charge in [0.1, 0.15) is 0 Å². The lowest BCUT2D eigenvalue weighted by Gasteiger charge is -2.17. The van der Waals surface area contributed by atoms with Crippen LogP contribution in [0.1, 0.15) is 29.7 Å². The van der Waals surface area contributed by atoms with Crippen molar-refractivity contribution in [3.63, 3.8) is 0 Å². The molecule has 104 valence electrons. The lowest BCUT2D eigenvalue weighted by atomic mass is 10.0. The van der Waals surface area contributed by atoms with Crippen LogP contribution in [0.5, 0.6) is 0 Å². The number of rotatable bonds is 3. The summed E-state index contributed by atoms with van der Waals surface area (Å²) in [5.74, 6) is 0. The number of benzene rings is 2. The van der Waals surface area contributed by atoms with Crippen LogP contribution in [0.25, 0.3) is 0 Å². The third-order valence-electron chi connectivity index (χ3n) is 3.27. The predicted octanol–water partition coefficient (Wildman–Crippen LogP) is 4.19. The Bertz CT molecular complexity index is 593. The van der Waals surface area contributed by atoms with E-state index in [1.807, 2.05) is 37.3 Å². The molecule has 0 aliphatic rings. The Kier molecular flexibility index (Phi) is 4.41. The average molecular weight is 268 g/mol. The van der Waals surface area contributed by atoms with E-state index in [-0.39, 0.29) is 12.1 Å². The van der Waals surface area contributed by atoms with Crippen molar-refractivity contribution in [1.29, 1.82) is 0 Å². The molecule has 0 aliphatic heterocycles. The van der Waals surface area contributed by atoms with Crippen molar-refractivity contribution in [3.8, 4) is 0 Å². The molecule has 2 rings (SSSR count). The molecule has 0 saturated heterocycles. The first-order valence-electron chi connectivity index (χ1n) is 6.76. The Balaban J connectivity index is 2.00. The minimum atomic E-state index is -0.191. The fraction of sp³-hybridized carbons (Fsp3) is 0.235. The third-order valence-corrected chi connectivity index (χ3v) is 3.27. The zero-order valence-electron chi connectivity index (χ0n) is 12.1. The topological polar surface area (TPSA) is 41.1 Å². The maximum absolute atomic E-state index is 12.0. The van der Waals surface area contributed by atoms with Crippen LogP contribution in [0.15, 0.2) is 48.5 Å². The Morgan fingerprint density at radius 3 is 2.40 bits per heavy atom. The van der Waals surface area contributed by atoms with Gasteiger partial charge in [-0.3, -0.25) is 0 Å². The number of urea groups is 1. The molecule has 0 bridgehead atoms. The van der Waals surface area contributed by atoms with Crippen molar-refractivity contribution in [3.05, 3.63) is 65.2 Å². The highest BCUT2D eigenvalue weighted by Crippen LogP contribution is 2.18. The number of hydrogen-bond acceptors (Lipinski definition) is 1. The fourth-order valence-corrected chi connectivity index (χ4v) is 2.27. The van der Waals surface area contributed by atoms with Crippen LogP contribution in [-0.4, -0.2) is 6.03 Å². The number of aryl methyl sites for hydroxylation is 2. The summed E-state index contributed by atoms with van der Waals surface area (Å²) in [7, 11) is 0. The second kappa shape index (κ2) is 6.24. The van der Waals surface area contributed by atoms with Crippen molar-refractivity contribution in [2.45, 2.75) is 26.8 Å². The molecule has 0 unspecified atom stereocenters. The zero-order valence-corrected chi connectivity index (χ0v) is 12.1. The number of para-hydroxylation sites is 1. The Morgan fingerprint density at radius 2 is 1.75 bits per heavy atom. The summed E-state index contributed by atoms with van der Waals surface area (Å²) in [4.78, 5) is 12.0. The number of nitrogens with one attached hydrogen (secondary N) is 2. The van der Waals surface area contributed by atoms with E-state index >= 15 is 0 Å². The van der Waals surface area contributed by atoms with Gasteiger partial charge in [0.15, 0.2) is 0 Å². The lowest BCUT2D eigenvalue weighted by molar-refractivity contribution is 0.249. The van der Waals surface area contributed by atoms with Gasteiger partial charge in [-0.05, 0) is 44.0 Å². The van der Waals surface area contributed by atoms with Gasteiger partial charge >= 0.3 is 6.03 Å². The molecule has 1 atom stereocenters. The van der Waals surface area contributed by atoms with Crippen LogP contribution in [-0.2, 0) is 0 Å². The molecule has 0 aromatic heterocycles. The van der Waals surface area contributed by atoms with E-state index in [2.05, 4.69) is 42.7 Å². The van der Waals surface area contributed by atoms with Gasteiger partial charge < -0.3 is 10.6 Å². The van der Waals surface area contributed by atoms with Gasteiger partial charge in [0.05, 0.1) is 6.04 Å². The van der Waals surface area contributed by atoms with Crippen molar-refractivity contribution in [1.82, 2.24) is 5.32 Å². The van der Waals surface area contributed by atoms with E-state index in [1.165, 1.54) is 11.1 Å². The number of anilines is 1. The van der Waals surface area contributed by atoms with E-state index in [4.69, 9.17) is 0 Å². The van der Waals surface area contributed by atoms with Crippen LogP contribution in [0.4, 0.5) is 10.5 Å². The molecule has 20 heavy (non-hydrogen) atoms. The van der Waals surface area contributed by atoms with Gasteiger partial charge in [-0.2, -0.15) is 0 Å². The number of carbonyl (C=O) groups excluding carboxylic acids is 1. The first kappa shape index (κ1) is 14.1. The van der Waals surface area contributed by atoms with Gasteiger partial charge in [0.25, 0.3) is 0 Å². The molecule has 2 aromatic carbocycles. The molecular weight excluding hydrogens is 248 g/mol. The quantitative estimate of drug-likeness (QED) is 0.861. The molecule has 0 radical (unpaired) electrons. The summed E-state index contributed by atoms with van der Waals surface area (Å²) in [6, 6.07) is 15.5. The Hall–Kier alpha value is -2.29. The zero-order chi connectivity index (χ0) is 14.5. The molecule has 3 heteroatoms. The molecule has 0 aliphatic carbocycles. The summed E-state index contributed by atoms with van der Waals surface area (Å²) in [5.41, 5.74) is 4.35. The predicted molar refractivity (Wildman–Crippen MR) is 82.9 cm³/mol. The first-order valence-corrected chi connectivity index (χ1v) is 6.76. The van der Waals surface area contributed by atoms with Crippen LogP contribution in [0.3, 0.4) is 0 Å². The molecule has 0 spiro atoms. The molecule has 0 heterocycles. The molecule has 3 nitrogen and oxygen atoms in total. The van der Waals surface area contributed by atoms with E-state index in [0.717, 1.165) is 11.3 Å². The van der Waals surface area contributed by atoms with Crippen LogP contribution < -0.4 is 10.6 Å². The van der Waals surface area contributed by atoms with Gasteiger partial charge in [0.2, 0.25) is 0 Å². The van der Waals surface area contributed by atoms with E-state index in [1.54, 1.807) is 0 Å². The van der Waals surface area contributed by atoms with E-state index in [9.17, 15) is 4.79 Å². The van der Waals surface area contributed by atoms with Crippen LogP contribution in [0, 0.1) is 13.8 Å². The summed E-state index contributed by atoms with van der Waals surface area (Å²) in [5, 5.41) is 5.78. The summed E-state index contributed by atoms with van der Waals surface area (Å²) < 4.78 is 0. The largest absolute Gasteiger partial charge is 0.331 e. The van der Waals surface area contributed by atoms with Crippen molar-refractivity contribution in [2.75, 3.05) is 5.32 Å². The van der Waals surface area contributed by atoms with Gasteiger partial charge in [-0.25, -0.2) is 4.79 Å². The summed E-state index contributed by atoms with van der Waals surface area (Å²) >= 11 is 0. The maximum atomic E-state index is 12.0. The lowest BCUT2D eigenvalue weighted by Crippen LogP contribution is -2.31. The average Bonchev–Trinajstić information content (AvgIpc) is 2.39. The first-order chi connectivity index (χ1) is 9.56. The highest BCUT2D eigenvalue weighted by Gasteiger charge is 2.11. The van der Waals surface area contributed by atoms with Crippen molar-refractivity contribution >= 4 is 11.7 Å². The minimum Gasteiger partial charge on any atom is -0.331 e. The van der Waals surface area contributed by atoms with E-state index < -0.39 is 0 Å². The van der Waals surface area contributed by atoms with Gasteiger partial charge in [-0.15, -0.1) is 0 Å². The van der Waals surface area contributed by atoms with Crippen molar-refractivity contribution in [2.24, 2.45) is 0 Å². The number of hydrogen-bond donors (Lipinski definition) is 2. The molecule has 2 N–H and O–H groups in total. The number of carbonyl (C=O) groups is 1. The molecule has 2 amide bonds. The maximum Gasteiger partial charge on any atom is 0.319 e. The Labute approximate surface area is 120 Å². The van der Waals surface area contributed by atoms with Crippen LogP contribution in [0.2, 0.25) is 0 Å². The van der Waals surface area contributed by atoms with Gasteiger partial charge in [0, 0.05) is 5.69 Å². The second-order valence-corrected chi connectivity index (χ2v) is 5.05. The normalized spacial score (nSPS) is 11.8. The number of amides is 2. The van der Waals surface area contributed by atoms with E-state index in [0.29, 0.717) is 0 Å². The minimum absolute atomic E-state index is 0.0284. The summed E-state index contributed by atoms with van der Waals surface area (Å²) in [6.07, 6.45) is 0. The third kappa shape index (κ3) is 3.60. The molecule has 0 fully saturated rings. The highest BCUT2D eigenvalue weighted by atomic mass is 16.2. The molecular formula is C17H20N2O. The monoisotopic (exact) mass is 268 g/mol. The smallest absolute Gasteiger partial charge is 0.319 e.